The predicted molar refractivity (Wildman–Crippen MR) is 282 cm³/mol. The molecule has 0 bridgehead atoms. The van der Waals surface area contributed by atoms with Crippen molar-refractivity contribution in [3.05, 3.63) is 96.6 Å². The van der Waals surface area contributed by atoms with Crippen molar-refractivity contribution in [1.82, 2.24) is 10.6 Å². The maximum atomic E-state index is 16.1. The zero-order valence-electron chi connectivity index (χ0n) is 42.7. The largest absolute Gasteiger partial charge is 0.481 e. The van der Waals surface area contributed by atoms with Gasteiger partial charge in [-0.25, -0.2) is 0 Å². The Morgan fingerprint density at radius 3 is 1.51 bits per heavy atom. The van der Waals surface area contributed by atoms with Gasteiger partial charge in [0.05, 0.1) is 66.4 Å². The van der Waals surface area contributed by atoms with E-state index < -0.39 is 55.0 Å². The third-order valence-corrected chi connectivity index (χ3v) is 20.9. The molecule has 13 nitrogen and oxygen atoms in total. The Kier molecular flexibility index (Phi) is 18.5. The van der Waals surface area contributed by atoms with Gasteiger partial charge in [-0.1, -0.05) is 90.7 Å². The summed E-state index contributed by atoms with van der Waals surface area (Å²) in [6.07, 6.45) is 12.5. The standard InChI is InChI=1S/C60H77N2O11P/c63-43-28-31-52(60(68)69)54(36-43)58(65)62-41-15-10-17-44(34-41)71-46-19-12-20-47(37-46)72-48-29-32-56(74(70,49-21-6-2-7-22-49)50-23-8-3-9-24-50)55(38-48)73-45-18-11-16-42(35-45)61-57(64)53-33-40(27-30-51(53)59(66)67)26-25-39-13-4-1-5-14-39/h1-9,13-14,21-24,40-48,51-56,63H,10-12,15-20,27-38H2,(H,61,64)(H,62,65)(H,66,67)(H,68,69). The van der Waals surface area contributed by atoms with Gasteiger partial charge in [0.2, 0.25) is 11.8 Å². The molecule has 0 aliphatic heterocycles. The molecule has 3 aromatic rings. The van der Waals surface area contributed by atoms with Gasteiger partial charge in [-0.3, -0.25) is 19.2 Å². The molecular formula is C60H77N2O11P. The van der Waals surface area contributed by atoms with E-state index >= 15 is 4.57 Å². The summed E-state index contributed by atoms with van der Waals surface area (Å²) in [5, 5.41) is 38.3. The van der Waals surface area contributed by atoms with Crippen LogP contribution >= 0.6 is 7.14 Å². The van der Waals surface area contributed by atoms with E-state index in [0.29, 0.717) is 57.8 Å². The van der Waals surface area contributed by atoms with Gasteiger partial charge in [0.15, 0.2) is 0 Å². The second-order valence-corrected chi connectivity index (χ2v) is 25.4. The summed E-state index contributed by atoms with van der Waals surface area (Å²) in [7, 11) is -3.26. The van der Waals surface area contributed by atoms with Crippen molar-refractivity contribution in [3.63, 3.8) is 0 Å². The van der Waals surface area contributed by atoms with E-state index in [-0.39, 0.29) is 72.4 Å². The number of aliphatic carboxylic acids is 2. The number of carboxylic acids is 2. The molecule has 15 unspecified atom stereocenters. The van der Waals surface area contributed by atoms with E-state index in [1.807, 2.05) is 91.0 Å². The number of hydrogen-bond donors (Lipinski definition) is 5. The average molecular weight is 1030 g/mol. The SMILES string of the molecule is O=C(O)C1CCC(O)CC1C(=O)NC1CCCC(OC2CCCC(OC3CCC(P(=O)(c4ccccc4)c4ccccc4)C(OC4CCCC(NC(=O)C5CC(C#Cc6ccccc6)CCC5C(=O)O)C4)C3)C2)C1. The fourth-order valence-corrected chi connectivity index (χ4v) is 16.9. The number of carbonyl (C=O) groups is 4. The number of amides is 2. The zero-order chi connectivity index (χ0) is 51.6. The normalized spacial score (nSPS) is 33.7. The Morgan fingerprint density at radius 1 is 0.486 bits per heavy atom. The number of aliphatic hydroxyl groups excluding tert-OH is 1. The highest BCUT2D eigenvalue weighted by atomic mass is 31.2. The van der Waals surface area contributed by atoms with Crippen LogP contribution in [0.3, 0.4) is 0 Å². The quantitative estimate of drug-likeness (QED) is 0.0723. The molecule has 398 valence electrons. The first-order valence-electron chi connectivity index (χ1n) is 27.9. The Labute approximate surface area is 437 Å². The molecule has 74 heavy (non-hydrogen) atoms. The topological polar surface area (TPSA) is 198 Å². The molecular weight excluding hydrogens is 956 g/mol. The van der Waals surface area contributed by atoms with Gasteiger partial charge in [0, 0.05) is 46.3 Å². The van der Waals surface area contributed by atoms with Crippen molar-refractivity contribution in [2.24, 2.45) is 29.6 Å². The lowest BCUT2D eigenvalue weighted by atomic mass is 9.73. The Morgan fingerprint density at radius 2 is 0.959 bits per heavy atom. The number of carboxylic acid groups (broad SMARTS) is 2. The van der Waals surface area contributed by atoms with E-state index in [1.165, 1.54) is 0 Å². The van der Waals surface area contributed by atoms with E-state index in [1.54, 1.807) is 0 Å². The summed E-state index contributed by atoms with van der Waals surface area (Å²) in [6.45, 7) is 0. The maximum Gasteiger partial charge on any atom is 0.307 e. The third-order valence-electron chi connectivity index (χ3n) is 17.3. The van der Waals surface area contributed by atoms with Crippen molar-refractivity contribution in [1.29, 1.82) is 0 Å². The highest BCUT2D eigenvalue weighted by Crippen LogP contribution is 2.55. The zero-order valence-corrected chi connectivity index (χ0v) is 43.6. The van der Waals surface area contributed by atoms with Gasteiger partial charge in [-0.2, -0.15) is 0 Å². The first-order valence-corrected chi connectivity index (χ1v) is 29.7. The minimum absolute atomic E-state index is 0.000256. The number of hydrogen-bond acceptors (Lipinski definition) is 9. The number of ether oxygens (including phenoxy) is 3. The van der Waals surface area contributed by atoms with Crippen molar-refractivity contribution < 1.29 is 53.3 Å². The molecule has 6 aliphatic carbocycles. The fraction of sp³-hybridized carbons (Fsp3) is 0.600. The molecule has 0 radical (unpaired) electrons. The van der Waals surface area contributed by atoms with Crippen molar-refractivity contribution in [3.8, 4) is 11.8 Å². The number of nitrogens with one attached hydrogen (secondary N) is 2. The molecule has 6 aliphatic rings. The lowest BCUT2D eigenvalue weighted by Gasteiger charge is -2.44. The molecule has 0 spiro atoms. The summed E-state index contributed by atoms with van der Waals surface area (Å²) in [5.41, 5.74) is 0.584. The number of rotatable bonds is 15. The summed E-state index contributed by atoms with van der Waals surface area (Å²) in [6, 6.07) is 29.0. The molecule has 9 rings (SSSR count). The first kappa shape index (κ1) is 54.0. The van der Waals surface area contributed by atoms with Gasteiger partial charge in [0.1, 0.15) is 7.14 Å². The maximum absolute atomic E-state index is 16.1. The van der Waals surface area contributed by atoms with Crippen LogP contribution in [-0.4, -0.2) is 99.5 Å². The van der Waals surface area contributed by atoms with Crippen LogP contribution in [0, 0.1) is 41.4 Å². The molecule has 6 saturated carbocycles. The van der Waals surface area contributed by atoms with Crippen LogP contribution in [0.2, 0.25) is 0 Å². The van der Waals surface area contributed by atoms with Crippen LogP contribution in [0.15, 0.2) is 91.0 Å². The van der Waals surface area contributed by atoms with Crippen molar-refractivity contribution >= 4 is 41.5 Å². The lowest BCUT2D eigenvalue weighted by molar-refractivity contribution is -0.151. The average Bonchev–Trinajstić information content (AvgIpc) is 3.41. The number of carbonyl (C=O) groups excluding carboxylic acids is 2. The predicted octanol–water partition coefficient (Wildman–Crippen LogP) is 8.54. The van der Waals surface area contributed by atoms with Crippen LogP contribution in [0.5, 0.6) is 0 Å². The smallest absolute Gasteiger partial charge is 0.307 e. The van der Waals surface area contributed by atoms with E-state index in [2.05, 4.69) is 22.5 Å². The van der Waals surface area contributed by atoms with Crippen LogP contribution < -0.4 is 21.2 Å². The summed E-state index contributed by atoms with van der Waals surface area (Å²) < 4.78 is 37.2. The van der Waals surface area contributed by atoms with E-state index in [4.69, 9.17) is 14.2 Å². The molecule has 6 fully saturated rings. The van der Waals surface area contributed by atoms with Gasteiger partial charge in [-0.05, 0) is 141 Å². The Bertz CT molecular complexity index is 2420. The summed E-state index contributed by atoms with van der Waals surface area (Å²) in [4.78, 5) is 52.0. The second-order valence-electron chi connectivity index (χ2n) is 22.4. The van der Waals surface area contributed by atoms with E-state index in [0.717, 1.165) is 86.8 Å². The third kappa shape index (κ3) is 13.6. The molecule has 3 aromatic carbocycles. The van der Waals surface area contributed by atoms with Crippen molar-refractivity contribution in [2.75, 3.05) is 0 Å². The molecule has 14 heteroatoms. The highest BCUT2D eigenvalue weighted by Gasteiger charge is 2.48. The molecule has 0 saturated heterocycles. The number of benzene rings is 3. The monoisotopic (exact) mass is 1030 g/mol. The van der Waals surface area contributed by atoms with Crippen LogP contribution in [0.4, 0.5) is 0 Å². The molecule has 0 aromatic heterocycles. The number of aliphatic hydroxyl groups is 1. The minimum Gasteiger partial charge on any atom is -0.481 e. The van der Waals surface area contributed by atoms with Gasteiger partial charge >= 0.3 is 11.9 Å². The van der Waals surface area contributed by atoms with E-state index in [9.17, 15) is 34.5 Å². The van der Waals surface area contributed by atoms with Gasteiger partial charge < -0.3 is 44.7 Å². The van der Waals surface area contributed by atoms with Gasteiger partial charge in [0.25, 0.3) is 0 Å². The van der Waals surface area contributed by atoms with Crippen LogP contribution in [0.1, 0.15) is 140 Å². The molecule has 5 N–H and O–H groups in total. The highest BCUT2D eigenvalue weighted by molar-refractivity contribution is 7.79. The molecule has 15 atom stereocenters. The fourth-order valence-electron chi connectivity index (χ4n) is 13.5. The Balaban J connectivity index is 0.855. The summed E-state index contributed by atoms with van der Waals surface area (Å²) in [5.74, 6) is 1.06. The minimum atomic E-state index is -3.26. The summed E-state index contributed by atoms with van der Waals surface area (Å²) >= 11 is 0. The first-order chi connectivity index (χ1) is 35.9. The van der Waals surface area contributed by atoms with Crippen molar-refractivity contribution in [2.45, 2.75) is 195 Å². The van der Waals surface area contributed by atoms with Gasteiger partial charge in [-0.15, -0.1) is 0 Å². The molecule has 0 heterocycles. The van der Waals surface area contributed by atoms with Crippen LogP contribution in [0.25, 0.3) is 0 Å². The lowest BCUT2D eigenvalue weighted by Crippen LogP contribution is -2.49. The molecule has 2 amide bonds. The van der Waals surface area contributed by atoms with Crippen LogP contribution in [-0.2, 0) is 38.0 Å². The Hall–Kier alpha value is -4.83. The second kappa shape index (κ2) is 25.3.